The van der Waals surface area contributed by atoms with Crippen LogP contribution in [0.25, 0.3) is 0 Å². The van der Waals surface area contributed by atoms with Gasteiger partial charge in [-0.25, -0.2) is 0 Å². The van der Waals surface area contributed by atoms with Gasteiger partial charge in [0, 0.05) is 33.3 Å². The molecule has 5 heteroatoms. The molecule has 0 saturated carbocycles. The first-order valence-corrected chi connectivity index (χ1v) is 8.82. The second kappa shape index (κ2) is 6.75. The Hall–Kier alpha value is 0.450. The Morgan fingerprint density at radius 3 is 2.78 bits per heavy atom. The number of nitrogens with zero attached hydrogens (tertiary/aromatic N) is 1. The van der Waals surface area contributed by atoms with Crippen molar-refractivity contribution in [3.63, 3.8) is 0 Å². The number of halogens is 2. The summed E-state index contributed by atoms with van der Waals surface area (Å²) >= 11 is 9.11. The molecule has 2 atom stereocenters. The third-order valence-corrected chi connectivity index (χ3v) is 6.55. The second-order valence-electron chi connectivity index (χ2n) is 4.61. The van der Waals surface area contributed by atoms with Crippen LogP contribution in [0.3, 0.4) is 0 Å². The SMILES string of the molecule is CN(C1CCSC1)C(CN)c1ccc(Br)c(Br)c1. The lowest BCUT2D eigenvalue weighted by atomic mass is 10.0. The van der Waals surface area contributed by atoms with Crippen molar-refractivity contribution in [1.29, 1.82) is 0 Å². The third kappa shape index (κ3) is 3.31. The lowest BCUT2D eigenvalue weighted by Gasteiger charge is -2.32. The molecule has 1 aromatic rings. The van der Waals surface area contributed by atoms with Gasteiger partial charge in [-0.2, -0.15) is 11.8 Å². The van der Waals surface area contributed by atoms with Gasteiger partial charge in [0.15, 0.2) is 0 Å². The van der Waals surface area contributed by atoms with E-state index in [1.165, 1.54) is 23.5 Å². The number of hydrogen-bond donors (Lipinski definition) is 1. The van der Waals surface area contributed by atoms with Gasteiger partial charge in [-0.15, -0.1) is 0 Å². The Balaban J connectivity index is 2.18. The van der Waals surface area contributed by atoms with Crippen LogP contribution in [-0.2, 0) is 0 Å². The summed E-state index contributed by atoms with van der Waals surface area (Å²) in [4.78, 5) is 2.44. The molecule has 2 unspecified atom stereocenters. The van der Waals surface area contributed by atoms with Gasteiger partial charge in [-0.05, 0) is 68.8 Å². The highest BCUT2D eigenvalue weighted by Gasteiger charge is 2.26. The topological polar surface area (TPSA) is 29.3 Å². The lowest BCUT2D eigenvalue weighted by molar-refractivity contribution is 0.193. The minimum absolute atomic E-state index is 0.304. The van der Waals surface area contributed by atoms with E-state index < -0.39 is 0 Å². The van der Waals surface area contributed by atoms with E-state index in [0.29, 0.717) is 18.6 Å². The highest BCUT2D eigenvalue weighted by atomic mass is 79.9. The Morgan fingerprint density at radius 2 is 2.22 bits per heavy atom. The molecule has 18 heavy (non-hydrogen) atoms. The van der Waals surface area contributed by atoms with Crippen LogP contribution >= 0.6 is 43.6 Å². The van der Waals surface area contributed by atoms with Crippen LogP contribution in [0.5, 0.6) is 0 Å². The Morgan fingerprint density at radius 1 is 1.44 bits per heavy atom. The zero-order chi connectivity index (χ0) is 13.1. The largest absolute Gasteiger partial charge is 0.329 e. The van der Waals surface area contributed by atoms with Crippen LogP contribution in [0.2, 0.25) is 0 Å². The zero-order valence-electron chi connectivity index (χ0n) is 10.4. The van der Waals surface area contributed by atoms with E-state index in [0.717, 1.165) is 8.95 Å². The Bertz CT molecular complexity index is 408. The van der Waals surface area contributed by atoms with Crippen molar-refractivity contribution < 1.29 is 0 Å². The first-order valence-electron chi connectivity index (χ1n) is 6.08. The Kier molecular flexibility index (Phi) is 5.57. The molecule has 100 valence electrons. The normalized spacial score (nSPS) is 21.5. The summed E-state index contributed by atoms with van der Waals surface area (Å²) < 4.78 is 2.17. The summed E-state index contributed by atoms with van der Waals surface area (Å²) in [6, 6.07) is 7.37. The van der Waals surface area contributed by atoms with E-state index in [2.05, 4.69) is 62.0 Å². The van der Waals surface area contributed by atoms with Gasteiger partial charge < -0.3 is 5.73 Å². The van der Waals surface area contributed by atoms with E-state index in [9.17, 15) is 0 Å². The molecule has 1 aromatic carbocycles. The molecule has 1 fully saturated rings. The molecule has 0 aliphatic carbocycles. The van der Waals surface area contributed by atoms with Crippen LogP contribution in [0, 0.1) is 0 Å². The van der Waals surface area contributed by atoms with Crippen molar-refractivity contribution in [2.45, 2.75) is 18.5 Å². The summed E-state index contributed by atoms with van der Waals surface area (Å²) in [5.74, 6) is 2.50. The summed E-state index contributed by atoms with van der Waals surface area (Å²) in [5, 5.41) is 0. The van der Waals surface area contributed by atoms with Crippen LogP contribution < -0.4 is 5.73 Å². The van der Waals surface area contributed by atoms with Crippen LogP contribution in [0.15, 0.2) is 27.1 Å². The highest BCUT2D eigenvalue weighted by Crippen LogP contribution is 2.31. The molecule has 1 heterocycles. The molecule has 1 aliphatic rings. The maximum atomic E-state index is 5.99. The predicted octanol–water partition coefficient (Wildman–Crippen LogP) is 3.65. The molecule has 1 saturated heterocycles. The average Bonchev–Trinajstić information content (AvgIpc) is 2.88. The quantitative estimate of drug-likeness (QED) is 0.846. The molecular formula is C13H18Br2N2S. The van der Waals surface area contributed by atoms with Gasteiger partial charge in [-0.3, -0.25) is 4.90 Å². The maximum Gasteiger partial charge on any atom is 0.0471 e. The fraction of sp³-hybridized carbons (Fsp3) is 0.538. The molecule has 0 bridgehead atoms. The first kappa shape index (κ1) is 14.9. The number of benzene rings is 1. The second-order valence-corrected chi connectivity index (χ2v) is 7.47. The summed E-state index contributed by atoms with van der Waals surface area (Å²) in [5.41, 5.74) is 7.27. The predicted molar refractivity (Wildman–Crippen MR) is 87.1 cm³/mol. The highest BCUT2D eigenvalue weighted by molar-refractivity contribution is 9.13. The molecule has 1 aliphatic heterocycles. The van der Waals surface area contributed by atoms with Gasteiger partial charge in [0.1, 0.15) is 0 Å². The molecule has 2 rings (SSSR count). The van der Waals surface area contributed by atoms with Gasteiger partial charge in [0.25, 0.3) is 0 Å². The summed E-state index contributed by atoms with van der Waals surface area (Å²) in [6.45, 7) is 0.658. The van der Waals surface area contributed by atoms with Gasteiger partial charge in [-0.1, -0.05) is 6.07 Å². The number of hydrogen-bond acceptors (Lipinski definition) is 3. The third-order valence-electron chi connectivity index (χ3n) is 3.52. The number of thioether (sulfide) groups is 1. The van der Waals surface area contributed by atoms with E-state index in [1.807, 2.05) is 11.8 Å². The van der Waals surface area contributed by atoms with Crippen molar-refractivity contribution in [2.75, 3.05) is 25.1 Å². The summed E-state index contributed by atoms with van der Waals surface area (Å²) in [6.07, 6.45) is 1.27. The minimum Gasteiger partial charge on any atom is -0.329 e. The zero-order valence-corrected chi connectivity index (χ0v) is 14.4. The van der Waals surface area contributed by atoms with Gasteiger partial charge in [0.2, 0.25) is 0 Å². The van der Waals surface area contributed by atoms with E-state index in [1.54, 1.807) is 0 Å². The number of rotatable bonds is 4. The number of nitrogens with two attached hydrogens (primary N) is 1. The maximum absolute atomic E-state index is 5.99. The van der Waals surface area contributed by atoms with E-state index >= 15 is 0 Å². The molecule has 0 radical (unpaired) electrons. The molecule has 2 nitrogen and oxygen atoms in total. The Labute approximate surface area is 130 Å². The number of likely N-dealkylation sites (N-methyl/N-ethyl adjacent to an activating group) is 1. The van der Waals surface area contributed by atoms with Crippen molar-refractivity contribution >= 4 is 43.6 Å². The minimum atomic E-state index is 0.304. The molecule has 2 N–H and O–H groups in total. The van der Waals surface area contributed by atoms with E-state index in [-0.39, 0.29) is 0 Å². The van der Waals surface area contributed by atoms with Crippen molar-refractivity contribution in [3.05, 3.63) is 32.7 Å². The average molecular weight is 394 g/mol. The fourth-order valence-electron chi connectivity index (χ4n) is 2.35. The molecule has 0 amide bonds. The van der Waals surface area contributed by atoms with Crippen molar-refractivity contribution in [3.8, 4) is 0 Å². The fourth-order valence-corrected chi connectivity index (χ4v) is 4.28. The first-order chi connectivity index (χ1) is 8.63. The van der Waals surface area contributed by atoms with Crippen LogP contribution in [0.1, 0.15) is 18.0 Å². The monoisotopic (exact) mass is 392 g/mol. The van der Waals surface area contributed by atoms with Crippen molar-refractivity contribution in [1.82, 2.24) is 4.90 Å². The molecular weight excluding hydrogens is 376 g/mol. The van der Waals surface area contributed by atoms with E-state index in [4.69, 9.17) is 5.73 Å². The van der Waals surface area contributed by atoms with Gasteiger partial charge >= 0.3 is 0 Å². The molecule has 0 spiro atoms. The van der Waals surface area contributed by atoms with Gasteiger partial charge in [0.05, 0.1) is 0 Å². The summed E-state index contributed by atoms with van der Waals surface area (Å²) in [7, 11) is 2.20. The molecule has 0 aromatic heterocycles. The van der Waals surface area contributed by atoms with Crippen molar-refractivity contribution in [2.24, 2.45) is 5.73 Å². The lowest BCUT2D eigenvalue weighted by Crippen LogP contribution is -2.38. The van der Waals surface area contributed by atoms with Crippen LogP contribution in [0.4, 0.5) is 0 Å². The van der Waals surface area contributed by atoms with Crippen LogP contribution in [-0.4, -0.2) is 36.0 Å². The smallest absolute Gasteiger partial charge is 0.0471 e. The standard InChI is InChI=1S/C13H18Br2N2S/c1-17(10-4-5-18-8-10)13(7-16)9-2-3-11(14)12(15)6-9/h2-3,6,10,13H,4-5,7-8,16H2,1H3.